The predicted octanol–water partition coefficient (Wildman–Crippen LogP) is 3.46. The molecular weight excluding hydrogens is 369 g/mol. The van der Waals surface area contributed by atoms with Crippen molar-refractivity contribution in [3.63, 3.8) is 0 Å². The third-order valence-corrected chi connectivity index (χ3v) is 3.26. The van der Waals surface area contributed by atoms with Crippen molar-refractivity contribution in [3.8, 4) is 17.5 Å². The number of alkyl halides is 3. The Bertz CT molecular complexity index is 853. The summed E-state index contributed by atoms with van der Waals surface area (Å²) in [7, 11) is 3.74. The first-order chi connectivity index (χ1) is 12.8. The van der Waals surface area contributed by atoms with Crippen LogP contribution in [0.5, 0.6) is 17.5 Å². The molecule has 0 unspecified atom stereocenters. The van der Waals surface area contributed by atoms with Crippen LogP contribution in [0, 0.1) is 0 Å². The van der Waals surface area contributed by atoms with Gasteiger partial charge >= 0.3 is 12.1 Å². The lowest BCUT2D eigenvalue weighted by molar-refractivity contribution is -0.137. The Morgan fingerprint density at radius 2 is 1.81 bits per heavy atom. The highest BCUT2D eigenvalue weighted by Gasteiger charge is 2.31. The number of nitrogens with zero attached hydrogens (tertiary/aromatic N) is 2. The molecule has 1 heterocycles. The summed E-state index contributed by atoms with van der Waals surface area (Å²) in [5.41, 5.74) is -1.08. The summed E-state index contributed by atoms with van der Waals surface area (Å²) < 4.78 is 58.8. The van der Waals surface area contributed by atoms with Gasteiger partial charge in [0.2, 0.25) is 11.8 Å². The quantitative estimate of drug-likeness (QED) is 0.429. The lowest BCUT2D eigenvalue weighted by atomic mass is 10.1. The first-order valence-corrected chi connectivity index (χ1v) is 7.37. The standard InChI is InChI=1S/C17H15F3N2O5/c1-24-8-12(16(23)26-3)13-14(25-2)21-9-22-15(13)27-11-6-4-5-10(7-11)17(18,19)20/h4-9H,1-3H3. The fourth-order valence-electron chi connectivity index (χ4n) is 2.10. The third kappa shape index (κ3) is 4.66. The van der Waals surface area contributed by atoms with Gasteiger partial charge < -0.3 is 18.9 Å². The Hall–Kier alpha value is -3.30. The van der Waals surface area contributed by atoms with Crippen molar-refractivity contribution < 1.29 is 36.9 Å². The average molecular weight is 384 g/mol. The van der Waals surface area contributed by atoms with E-state index in [4.69, 9.17) is 14.2 Å². The molecule has 0 radical (unpaired) electrons. The Morgan fingerprint density at radius 1 is 1.11 bits per heavy atom. The van der Waals surface area contributed by atoms with Crippen LogP contribution in [0.15, 0.2) is 36.9 Å². The van der Waals surface area contributed by atoms with Gasteiger partial charge in [-0.15, -0.1) is 0 Å². The highest BCUT2D eigenvalue weighted by Crippen LogP contribution is 2.36. The van der Waals surface area contributed by atoms with Crippen LogP contribution < -0.4 is 9.47 Å². The van der Waals surface area contributed by atoms with Gasteiger partial charge in [0.15, 0.2) is 0 Å². The summed E-state index contributed by atoms with van der Waals surface area (Å²) in [5, 5.41) is 0. The zero-order chi connectivity index (χ0) is 20.0. The van der Waals surface area contributed by atoms with E-state index < -0.39 is 17.7 Å². The maximum Gasteiger partial charge on any atom is 0.416 e. The van der Waals surface area contributed by atoms with Gasteiger partial charge in [0, 0.05) is 0 Å². The van der Waals surface area contributed by atoms with Crippen LogP contribution in [-0.2, 0) is 20.4 Å². The second kappa shape index (κ2) is 8.39. The van der Waals surface area contributed by atoms with Crippen molar-refractivity contribution in [2.24, 2.45) is 0 Å². The second-order valence-corrected chi connectivity index (χ2v) is 4.95. The van der Waals surface area contributed by atoms with E-state index in [0.29, 0.717) is 0 Å². The van der Waals surface area contributed by atoms with Gasteiger partial charge in [-0.1, -0.05) is 6.07 Å². The van der Waals surface area contributed by atoms with E-state index in [1.165, 1.54) is 26.4 Å². The van der Waals surface area contributed by atoms with Crippen LogP contribution in [-0.4, -0.2) is 37.3 Å². The molecule has 10 heteroatoms. The summed E-state index contributed by atoms with van der Waals surface area (Å²) in [5.74, 6) is -1.22. The van der Waals surface area contributed by atoms with Gasteiger partial charge in [-0.2, -0.15) is 13.2 Å². The van der Waals surface area contributed by atoms with E-state index in [2.05, 4.69) is 14.7 Å². The van der Waals surface area contributed by atoms with E-state index in [1.807, 2.05) is 0 Å². The van der Waals surface area contributed by atoms with Crippen molar-refractivity contribution >= 4 is 11.5 Å². The van der Waals surface area contributed by atoms with Crippen LogP contribution in [0.25, 0.3) is 5.57 Å². The first kappa shape index (κ1) is 20.0. The van der Waals surface area contributed by atoms with E-state index in [-0.39, 0.29) is 28.6 Å². The van der Waals surface area contributed by atoms with Gasteiger partial charge in [0.1, 0.15) is 23.2 Å². The molecule has 0 N–H and O–H groups in total. The maximum absolute atomic E-state index is 12.9. The average Bonchev–Trinajstić information content (AvgIpc) is 2.65. The second-order valence-electron chi connectivity index (χ2n) is 4.95. The number of methoxy groups -OCH3 is 3. The highest BCUT2D eigenvalue weighted by molar-refractivity contribution is 6.17. The number of halogens is 3. The van der Waals surface area contributed by atoms with E-state index in [1.54, 1.807) is 0 Å². The fourth-order valence-corrected chi connectivity index (χ4v) is 2.10. The molecule has 0 fully saturated rings. The molecule has 0 saturated heterocycles. The molecule has 0 spiro atoms. The topological polar surface area (TPSA) is 79.8 Å². The van der Waals surface area contributed by atoms with Crippen LogP contribution in [0.4, 0.5) is 13.2 Å². The van der Waals surface area contributed by atoms with Crippen LogP contribution in [0.1, 0.15) is 11.1 Å². The molecular formula is C17H15F3N2O5. The van der Waals surface area contributed by atoms with Crippen molar-refractivity contribution in [2.75, 3.05) is 21.3 Å². The van der Waals surface area contributed by atoms with E-state index in [0.717, 1.165) is 31.8 Å². The lowest BCUT2D eigenvalue weighted by Gasteiger charge is -2.14. The molecule has 1 aromatic heterocycles. The molecule has 27 heavy (non-hydrogen) atoms. The number of benzene rings is 1. The summed E-state index contributed by atoms with van der Waals surface area (Å²) in [6.07, 6.45) is -2.41. The molecule has 7 nitrogen and oxygen atoms in total. The molecule has 2 aromatic rings. The molecule has 0 atom stereocenters. The Kier molecular flexibility index (Phi) is 6.22. The zero-order valence-electron chi connectivity index (χ0n) is 14.5. The molecule has 0 saturated carbocycles. The normalized spacial score (nSPS) is 11.7. The largest absolute Gasteiger partial charge is 0.503 e. The molecule has 0 bridgehead atoms. The SMILES string of the molecule is COC=C(C(=O)OC)c1c(OC)ncnc1Oc1cccc(C(F)(F)F)c1. The van der Waals surface area contributed by atoms with Crippen molar-refractivity contribution in [1.82, 2.24) is 9.97 Å². The van der Waals surface area contributed by atoms with Crippen molar-refractivity contribution in [3.05, 3.63) is 48.0 Å². The number of hydrogen-bond donors (Lipinski definition) is 0. The Labute approximate surface area is 152 Å². The van der Waals surface area contributed by atoms with Crippen LogP contribution in [0.3, 0.4) is 0 Å². The van der Waals surface area contributed by atoms with Gasteiger partial charge in [0.25, 0.3) is 0 Å². The van der Waals surface area contributed by atoms with Crippen LogP contribution in [0.2, 0.25) is 0 Å². The number of ether oxygens (including phenoxy) is 4. The molecule has 2 rings (SSSR count). The number of aromatic nitrogens is 2. The van der Waals surface area contributed by atoms with Gasteiger partial charge in [0.05, 0.1) is 33.2 Å². The number of hydrogen-bond acceptors (Lipinski definition) is 7. The first-order valence-electron chi connectivity index (χ1n) is 7.37. The summed E-state index contributed by atoms with van der Waals surface area (Å²) in [4.78, 5) is 19.8. The maximum atomic E-state index is 12.9. The molecule has 0 amide bonds. The third-order valence-electron chi connectivity index (χ3n) is 3.26. The number of carbonyl (C=O) groups excluding carboxylic acids is 1. The molecule has 1 aromatic carbocycles. The number of rotatable bonds is 6. The summed E-state index contributed by atoms with van der Waals surface area (Å²) in [6.45, 7) is 0. The minimum Gasteiger partial charge on any atom is -0.503 e. The highest BCUT2D eigenvalue weighted by atomic mass is 19.4. The molecule has 144 valence electrons. The fraction of sp³-hybridized carbons (Fsp3) is 0.235. The molecule has 0 aliphatic rings. The Morgan fingerprint density at radius 3 is 2.41 bits per heavy atom. The Balaban J connectivity index is 2.55. The van der Waals surface area contributed by atoms with Gasteiger partial charge in [-0.05, 0) is 18.2 Å². The number of carbonyl (C=O) groups is 1. The van der Waals surface area contributed by atoms with Gasteiger partial charge in [-0.25, -0.2) is 14.8 Å². The van der Waals surface area contributed by atoms with Crippen LogP contribution >= 0.6 is 0 Å². The smallest absolute Gasteiger partial charge is 0.416 e. The predicted molar refractivity (Wildman–Crippen MR) is 87.1 cm³/mol. The monoisotopic (exact) mass is 384 g/mol. The zero-order valence-corrected chi connectivity index (χ0v) is 14.5. The summed E-state index contributed by atoms with van der Waals surface area (Å²) >= 11 is 0. The van der Waals surface area contributed by atoms with Gasteiger partial charge in [-0.3, -0.25) is 0 Å². The summed E-state index contributed by atoms with van der Waals surface area (Å²) in [6, 6.07) is 4.20. The number of esters is 1. The van der Waals surface area contributed by atoms with E-state index in [9.17, 15) is 18.0 Å². The molecule has 0 aliphatic carbocycles. The van der Waals surface area contributed by atoms with Crippen molar-refractivity contribution in [1.29, 1.82) is 0 Å². The van der Waals surface area contributed by atoms with Crippen molar-refractivity contribution in [2.45, 2.75) is 6.18 Å². The van der Waals surface area contributed by atoms with E-state index >= 15 is 0 Å². The molecule has 0 aliphatic heterocycles. The minimum absolute atomic E-state index is 0.0360. The minimum atomic E-state index is -4.54. The lowest BCUT2D eigenvalue weighted by Crippen LogP contribution is -2.09.